The molecule has 7 N–H and O–H groups in total. The fourth-order valence-corrected chi connectivity index (χ4v) is 5.95. The molecule has 1 fully saturated rings. The van der Waals surface area contributed by atoms with Crippen molar-refractivity contribution in [1.29, 1.82) is 0 Å². The zero-order valence-electron chi connectivity index (χ0n) is 32.4. The molecular weight excluding hydrogens is 700 g/mol. The van der Waals surface area contributed by atoms with Gasteiger partial charge in [-0.3, -0.25) is 33.6 Å². The molecule has 5 atom stereocenters. The Morgan fingerprint density at radius 3 is 1.74 bits per heavy atom. The van der Waals surface area contributed by atoms with Crippen LogP contribution in [0.1, 0.15) is 92.6 Å². The first-order chi connectivity index (χ1) is 25.2. The molecule has 16 nitrogen and oxygen atoms in total. The Morgan fingerprint density at radius 1 is 0.704 bits per heavy atom. The van der Waals surface area contributed by atoms with E-state index in [-0.39, 0.29) is 30.6 Å². The molecule has 0 spiro atoms. The van der Waals surface area contributed by atoms with Gasteiger partial charge in [-0.1, -0.05) is 78.8 Å². The van der Waals surface area contributed by atoms with Gasteiger partial charge in [0.2, 0.25) is 35.4 Å². The van der Waals surface area contributed by atoms with Crippen LogP contribution in [0, 0.1) is 17.3 Å². The molecule has 2 rings (SSSR count). The molecule has 1 aliphatic heterocycles. The SMILES string of the molecule is CC(C)CC(NC(=O)C(CC(=O)O)NC(=O)C(CC(=O)N1CCCC1)NC(=O)C(NC(=O)C(NC(=O)CCc1ccccc1)C(C)C)C(C)(C)C)C(=O)O. The van der Waals surface area contributed by atoms with Crippen LogP contribution in [0.15, 0.2) is 30.3 Å². The molecule has 0 aromatic heterocycles. The van der Waals surface area contributed by atoms with Crippen LogP contribution in [0.3, 0.4) is 0 Å². The molecule has 1 aromatic rings. The summed E-state index contributed by atoms with van der Waals surface area (Å²) in [4.78, 5) is 106. The average molecular weight is 759 g/mol. The summed E-state index contributed by atoms with van der Waals surface area (Å²) in [5.41, 5.74) is 0.00185. The van der Waals surface area contributed by atoms with Crippen LogP contribution in [-0.2, 0) is 44.8 Å². The second-order valence-electron chi connectivity index (χ2n) is 15.6. The van der Waals surface area contributed by atoms with E-state index in [0.717, 1.165) is 18.4 Å². The van der Waals surface area contributed by atoms with Gasteiger partial charge in [-0.15, -0.1) is 0 Å². The Kier molecular flexibility index (Phi) is 17.6. The Morgan fingerprint density at radius 2 is 1.24 bits per heavy atom. The second-order valence-corrected chi connectivity index (χ2v) is 15.6. The molecule has 300 valence electrons. The maximum atomic E-state index is 14.0. The van der Waals surface area contributed by atoms with Crippen molar-refractivity contribution in [2.75, 3.05) is 13.1 Å². The molecule has 54 heavy (non-hydrogen) atoms. The van der Waals surface area contributed by atoms with E-state index in [0.29, 0.717) is 19.5 Å². The summed E-state index contributed by atoms with van der Waals surface area (Å²) in [6, 6.07) is 2.36. The first kappa shape index (κ1) is 45.1. The quantitative estimate of drug-likeness (QED) is 0.101. The van der Waals surface area contributed by atoms with Gasteiger partial charge >= 0.3 is 11.9 Å². The van der Waals surface area contributed by atoms with Crippen LogP contribution in [0.5, 0.6) is 0 Å². The molecule has 1 aliphatic rings. The summed E-state index contributed by atoms with van der Waals surface area (Å²) in [6.07, 6.45) is 0.651. The van der Waals surface area contributed by atoms with E-state index in [9.17, 15) is 48.6 Å². The predicted octanol–water partition coefficient (Wildman–Crippen LogP) is 1.36. The van der Waals surface area contributed by atoms with Crippen molar-refractivity contribution in [3.05, 3.63) is 35.9 Å². The number of rotatable bonds is 20. The Hall–Kier alpha value is -5.02. The van der Waals surface area contributed by atoms with Gasteiger partial charge < -0.3 is 41.7 Å². The standard InChI is InChI=1S/C38H58N6O10/c1-22(2)19-27(37(53)54)41-34(50)26(21-30(47)48)39-33(49)25(20-29(46)44-17-11-12-18-44)40-36(52)32(38(5,6)7)43-35(51)31(23(3)4)42-28(45)16-15-24-13-9-8-10-14-24/h8-10,13-14,22-23,25-27,31-32H,11-12,15-21H2,1-7H3,(H,39,49)(H,40,52)(H,41,50)(H,42,45)(H,43,51)(H,47,48)(H,53,54). The van der Waals surface area contributed by atoms with Gasteiger partial charge in [-0.2, -0.15) is 0 Å². The maximum Gasteiger partial charge on any atom is 0.326 e. The average Bonchev–Trinajstić information content (AvgIpc) is 3.62. The van der Waals surface area contributed by atoms with Crippen molar-refractivity contribution in [1.82, 2.24) is 31.5 Å². The van der Waals surface area contributed by atoms with Crippen LogP contribution in [0.25, 0.3) is 0 Å². The lowest BCUT2D eigenvalue weighted by Crippen LogP contribution is -2.62. The van der Waals surface area contributed by atoms with Crippen LogP contribution in [0.4, 0.5) is 0 Å². The summed E-state index contributed by atoms with van der Waals surface area (Å²) in [6.45, 7) is 12.9. The number of carboxylic acid groups (broad SMARTS) is 2. The van der Waals surface area contributed by atoms with Crippen LogP contribution < -0.4 is 26.6 Å². The van der Waals surface area contributed by atoms with Crippen LogP contribution >= 0.6 is 0 Å². The Balaban J connectivity index is 2.32. The van der Waals surface area contributed by atoms with Gasteiger partial charge in [0.25, 0.3) is 0 Å². The monoisotopic (exact) mass is 758 g/mol. The molecule has 0 saturated carbocycles. The summed E-state index contributed by atoms with van der Waals surface area (Å²) in [7, 11) is 0. The molecule has 0 radical (unpaired) electrons. The molecule has 5 unspecified atom stereocenters. The van der Waals surface area contributed by atoms with E-state index >= 15 is 0 Å². The third-order valence-corrected chi connectivity index (χ3v) is 8.97. The largest absolute Gasteiger partial charge is 0.481 e. The Labute approximate surface area is 316 Å². The maximum absolute atomic E-state index is 14.0. The van der Waals surface area contributed by atoms with Crippen molar-refractivity contribution in [3.63, 3.8) is 0 Å². The minimum Gasteiger partial charge on any atom is -0.481 e. The van der Waals surface area contributed by atoms with E-state index in [1.165, 1.54) is 4.90 Å². The lowest BCUT2D eigenvalue weighted by atomic mass is 9.85. The number of amides is 6. The number of nitrogens with one attached hydrogen (secondary N) is 5. The third-order valence-electron chi connectivity index (χ3n) is 8.97. The number of carboxylic acids is 2. The van der Waals surface area contributed by atoms with E-state index in [4.69, 9.17) is 0 Å². The summed E-state index contributed by atoms with van der Waals surface area (Å²) in [5, 5.41) is 31.7. The number of aliphatic carboxylic acids is 2. The van der Waals surface area contributed by atoms with Gasteiger partial charge in [-0.05, 0) is 48.5 Å². The summed E-state index contributed by atoms with van der Waals surface area (Å²) in [5.74, 6) is -7.77. The zero-order valence-corrected chi connectivity index (χ0v) is 32.4. The minimum absolute atomic E-state index is 0.0345. The van der Waals surface area contributed by atoms with Gasteiger partial charge in [0.1, 0.15) is 30.2 Å². The molecular formula is C38H58N6O10. The van der Waals surface area contributed by atoms with Crippen molar-refractivity contribution < 1.29 is 48.6 Å². The van der Waals surface area contributed by atoms with Crippen molar-refractivity contribution in [2.24, 2.45) is 17.3 Å². The highest BCUT2D eigenvalue weighted by atomic mass is 16.4. The number of likely N-dealkylation sites (tertiary alicyclic amines) is 1. The highest BCUT2D eigenvalue weighted by molar-refractivity contribution is 5.98. The van der Waals surface area contributed by atoms with Crippen molar-refractivity contribution in [2.45, 2.75) is 124 Å². The number of hydrogen-bond donors (Lipinski definition) is 7. The highest BCUT2D eigenvalue weighted by Gasteiger charge is 2.39. The molecule has 0 aliphatic carbocycles. The van der Waals surface area contributed by atoms with Gasteiger partial charge in [0, 0.05) is 19.5 Å². The van der Waals surface area contributed by atoms with Gasteiger partial charge in [0.05, 0.1) is 12.8 Å². The van der Waals surface area contributed by atoms with E-state index < -0.39 is 89.9 Å². The molecule has 1 saturated heterocycles. The number of nitrogens with zero attached hydrogens (tertiary/aromatic N) is 1. The number of carbonyl (C=O) groups excluding carboxylic acids is 6. The van der Waals surface area contributed by atoms with Gasteiger partial charge in [0.15, 0.2) is 0 Å². The second kappa shape index (κ2) is 21.0. The number of carbonyl (C=O) groups is 8. The lowest BCUT2D eigenvalue weighted by Gasteiger charge is -2.34. The normalized spacial score (nSPS) is 15.7. The number of benzene rings is 1. The summed E-state index contributed by atoms with van der Waals surface area (Å²) >= 11 is 0. The van der Waals surface area contributed by atoms with E-state index in [2.05, 4.69) is 26.6 Å². The molecule has 1 aromatic carbocycles. The van der Waals surface area contributed by atoms with Gasteiger partial charge in [-0.25, -0.2) is 4.79 Å². The van der Waals surface area contributed by atoms with Crippen molar-refractivity contribution in [3.8, 4) is 0 Å². The predicted molar refractivity (Wildman–Crippen MR) is 198 cm³/mol. The first-order valence-electron chi connectivity index (χ1n) is 18.5. The highest BCUT2D eigenvalue weighted by Crippen LogP contribution is 2.21. The number of aryl methyl sites for hydroxylation is 1. The fraction of sp³-hybridized carbons (Fsp3) is 0.632. The zero-order chi connectivity index (χ0) is 40.7. The molecule has 6 amide bonds. The summed E-state index contributed by atoms with van der Waals surface area (Å²) < 4.78 is 0. The first-order valence-corrected chi connectivity index (χ1v) is 18.5. The minimum atomic E-state index is -1.75. The molecule has 16 heteroatoms. The van der Waals surface area contributed by atoms with E-state index in [1.807, 2.05) is 30.3 Å². The third kappa shape index (κ3) is 15.1. The topological polar surface area (TPSA) is 240 Å². The number of hydrogen-bond acceptors (Lipinski definition) is 8. The smallest absolute Gasteiger partial charge is 0.326 e. The van der Waals surface area contributed by atoms with E-state index in [1.54, 1.807) is 48.5 Å². The molecule has 0 bridgehead atoms. The van der Waals surface area contributed by atoms with Crippen LogP contribution in [0.2, 0.25) is 0 Å². The lowest BCUT2D eigenvalue weighted by molar-refractivity contribution is -0.144. The molecule has 1 heterocycles. The van der Waals surface area contributed by atoms with Crippen LogP contribution in [-0.4, -0.2) is 106 Å². The van der Waals surface area contributed by atoms with Crippen molar-refractivity contribution >= 4 is 47.4 Å². The fourth-order valence-electron chi connectivity index (χ4n) is 5.95. The Bertz CT molecular complexity index is 1490.